The minimum Gasteiger partial charge on any atom is -0.497 e. The number of ether oxygens (including phenoxy) is 1. The molecule has 1 fully saturated rings. The van der Waals surface area contributed by atoms with Gasteiger partial charge in [0, 0.05) is 30.2 Å². The highest BCUT2D eigenvalue weighted by Gasteiger charge is 2.24. The minimum absolute atomic E-state index is 0.123. The van der Waals surface area contributed by atoms with Crippen molar-refractivity contribution in [3.05, 3.63) is 54.4 Å². The lowest BCUT2D eigenvalue weighted by Crippen LogP contribution is -2.31. The monoisotopic (exact) mass is 402 g/mol. The van der Waals surface area contributed by atoms with Gasteiger partial charge < -0.3 is 19.4 Å². The molecule has 2 aromatic carbocycles. The van der Waals surface area contributed by atoms with Crippen molar-refractivity contribution in [1.29, 1.82) is 0 Å². The number of piperidine rings is 1. The molecule has 7 heteroatoms. The molecule has 0 saturated carbocycles. The van der Waals surface area contributed by atoms with Crippen LogP contribution in [0.3, 0.4) is 0 Å². The van der Waals surface area contributed by atoms with E-state index in [-0.39, 0.29) is 11.7 Å². The number of nitrogens with one attached hydrogen (secondary N) is 1. The van der Waals surface area contributed by atoms with Gasteiger partial charge in [0.25, 0.3) is 5.91 Å². The van der Waals surface area contributed by atoms with E-state index in [2.05, 4.69) is 20.2 Å². The fraction of sp³-hybridized carbons (Fsp3) is 0.261. The number of amides is 1. The van der Waals surface area contributed by atoms with Crippen LogP contribution in [0.4, 0.5) is 11.5 Å². The number of carbonyl (C=O) groups is 1. The van der Waals surface area contributed by atoms with Crippen molar-refractivity contribution in [3.8, 4) is 5.75 Å². The largest absolute Gasteiger partial charge is 0.497 e. The summed E-state index contributed by atoms with van der Waals surface area (Å²) in [7, 11) is 1.59. The smallest absolute Gasteiger partial charge is 0.293 e. The van der Waals surface area contributed by atoms with Crippen molar-refractivity contribution in [2.24, 2.45) is 0 Å². The Morgan fingerprint density at radius 2 is 1.90 bits per heavy atom. The van der Waals surface area contributed by atoms with Crippen LogP contribution in [0.5, 0.6) is 5.75 Å². The van der Waals surface area contributed by atoms with E-state index in [0.717, 1.165) is 36.9 Å². The molecular weight excluding hydrogens is 380 g/mol. The molecule has 2 aromatic heterocycles. The van der Waals surface area contributed by atoms with Crippen molar-refractivity contribution >= 4 is 39.5 Å². The number of carbonyl (C=O) groups excluding carboxylic acids is 1. The summed E-state index contributed by atoms with van der Waals surface area (Å²) < 4.78 is 11.3. The molecule has 0 atom stereocenters. The van der Waals surface area contributed by atoms with Gasteiger partial charge in [0.2, 0.25) is 5.82 Å². The maximum atomic E-state index is 13.0. The topological polar surface area (TPSA) is 80.5 Å². The van der Waals surface area contributed by atoms with E-state index in [0.29, 0.717) is 28.4 Å². The first-order valence-corrected chi connectivity index (χ1v) is 10.1. The fourth-order valence-electron chi connectivity index (χ4n) is 3.89. The molecule has 4 aromatic rings. The predicted molar refractivity (Wildman–Crippen MR) is 116 cm³/mol. The number of nitrogens with zero attached hydrogens (tertiary/aromatic N) is 3. The maximum Gasteiger partial charge on any atom is 0.293 e. The van der Waals surface area contributed by atoms with Crippen LogP contribution in [0, 0.1) is 0 Å². The first kappa shape index (κ1) is 18.4. The van der Waals surface area contributed by atoms with Crippen LogP contribution in [0.1, 0.15) is 29.9 Å². The Hall–Kier alpha value is -3.61. The summed E-state index contributed by atoms with van der Waals surface area (Å²) in [6, 6.07) is 14.9. The summed E-state index contributed by atoms with van der Waals surface area (Å²) in [5, 5.41) is 3.75. The highest BCUT2D eigenvalue weighted by atomic mass is 16.5. The van der Waals surface area contributed by atoms with Gasteiger partial charge in [0.05, 0.1) is 7.11 Å². The fourth-order valence-corrected chi connectivity index (χ4v) is 3.89. The quantitative estimate of drug-likeness (QED) is 0.536. The number of methoxy groups -OCH3 is 1. The zero-order valence-electron chi connectivity index (χ0n) is 16.7. The second-order valence-corrected chi connectivity index (χ2v) is 7.38. The van der Waals surface area contributed by atoms with E-state index in [1.165, 1.54) is 6.42 Å². The standard InChI is InChI=1S/C23H22N4O3/c1-29-16-9-7-8-15(14-16)24-23(28)21-25-19-17-10-3-4-11-18(17)30-20(19)22(26-21)27-12-5-2-6-13-27/h3-4,7-11,14H,2,5-6,12-13H2,1H3,(H,24,28). The molecule has 0 radical (unpaired) electrons. The van der Waals surface area contributed by atoms with Crippen LogP contribution >= 0.6 is 0 Å². The Morgan fingerprint density at radius 1 is 1.07 bits per heavy atom. The van der Waals surface area contributed by atoms with Crippen molar-refractivity contribution in [1.82, 2.24) is 9.97 Å². The summed E-state index contributed by atoms with van der Waals surface area (Å²) in [5.74, 6) is 1.11. The van der Waals surface area contributed by atoms with Gasteiger partial charge in [-0.05, 0) is 43.5 Å². The number of rotatable bonds is 4. The third-order valence-corrected chi connectivity index (χ3v) is 5.39. The van der Waals surface area contributed by atoms with Crippen LogP contribution in [0.25, 0.3) is 22.1 Å². The van der Waals surface area contributed by atoms with E-state index >= 15 is 0 Å². The van der Waals surface area contributed by atoms with Crippen LogP contribution in [0.2, 0.25) is 0 Å². The van der Waals surface area contributed by atoms with Gasteiger partial charge in [-0.2, -0.15) is 0 Å². The number of fused-ring (bicyclic) bond motifs is 3. The Morgan fingerprint density at radius 3 is 2.73 bits per heavy atom. The normalized spacial score (nSPS) is 14.2. The average molecular weight is 402 g/mol. The van der Waals surface area contributed by atoms with Gasteiger partial charge in [-0.15, -0.1) is 0 Å². The molecule has 1 amide bonds. The zero-order valence-corrected chi connectivity index (χ0v) is 16.7. The molecule has 0 aliphatic carbocycles. The summed E-state index contributed by atoms with van der Waals surface area (Å²) in [6.07, 6.45) is 3.39. The number of benzene rings is 2. The van der Waals surface area contributed by atoms with Crippen molar-refractivity contribution in [3.63, 3.8) is 0 Å². The number of aromatic nitrogens is 2. The molecule has 5 rings (SSSR count). The third kappa shape index (κ3) is 3.32. The van der Waals surface area contributed by atoms with E-state index in [9.17, 15) is 4.79 Å². The van der Waals surface area contributed by atoms with Gasteiger partial charge >= 0.3 is 0 Å². The van der Waals surface area contributed by atoms with Gasteiger partial charge in [0.1, 0.15) is 16.8 Å². The number of para-hydroxylation sites is 1. The van der Waals surface area contributed by atoms with Crippen molar-refractivity contribution in [2.75, 3.05) is 30.4 Å². The minimum atomic E-state index is -0.367. The second-order valence-electron chi connectivity index (χ2n) is 7.38. The number of hydrogen-bond donors (Lipinski definition) is 1. The Bertz CT molecular complexity index is 1230. The van der Waals surface area contributed by atoms with Crippen LogP contribution in [-0.4, -0.2) is 36.1 Å². The highest BCUT2D eigenvalue weighted by molar-refractivity contribution is 6.09. The second kappa shape index (κ2) is 7.67. The number of hydrogen-bond acceptors (Lipinski definition) is 6. The molecule has 7 nitrogen and oxygen atoms in total. The number of anilines is 2. The lowest BCUT2D eigenvalue weighted by atomic mass is 10.1. The van der Waals surface area contributed by atoms with Gasteiger partial charge in [0.15, 0.2) is 11.4 Å². The molecule has 0 bridgehead atoms. The summed E-state index contributed by atoms with van der Waals surface area (Å²) in [5.41, 5.74) is 2.66. The molecule has 0 unspecified atom stereocenters. The van der Waals surface area contributed by atoms with E-state index < -0.39 is 0 Å². The Balaban J connectivity index is 1.60. The first-order valence-electron chi connectivity index (χ1n) is 10.1. The molecule has 3 heterocycles. The first-order chi connectivity index (χ1) is 14.7. The summed E-state index contributed by atoms with van der Waals surface area (Å²) in [6.45, 7) is 1.78. The average Bonchev–Trinajstić information content (AvgIpc) is 3.18. The van der Waals surface area contributed by atoms with Crippen molar-refractivity contribution < 1.29 is 13.9 Å². The molecule has 30 heavy (non-hydrogen) atoms. The maximum absolute atomic E-state index is 13.0. The Kier molecular flexibility index (Phi) is 4.71. The number of furan rings is 1. The molecule has 1 saturated heterocycles. The predicted octanol–water partition coefficient (Wildman–Crippen LogP) is 4.63. The van der Waals surface area contributed by atoms with Crippen LogP contribution in [0.15, 0.2) is 52.9 Å². The molecule has 0 spiro atoms. The molecule has 1 N–H and O–H groups in total. The molecule has 1 aliphatic heterocycles. The van der Waals surface area contributed by atoms with E-state index in [4.69, 9.17) is 9.15 Å². The SMILES string of the molecule is COc1cccc(NC(=O)c2nc(N3CCCCC3)c3oc4ccccc4c3n2)c1. The molecule has 1 aliphatic rings. The van der Waals surface area contributed by atoms with Gasteiger partial charge in [-0.3, -0.25) is 4.79 Å². The summed E-state index contributed by atoms with van der Waals surface area (Å²) in [4.78, 5) is 24.4. The molecule has 152 valence electrons. The van der Waals surface area contributed by atoms with Gasteiger partial charge in [-0.1, -0.05) is 18.2 Å². The van der Waals surface area contributed by atoms with E-state index in [1.54, 1.807) is 19.2 Å². The zero-order chi connectivity index (χ0) is 20.5. The third-order valence-electron chi connectivity index (χ3n) is 5.39. The van der Waals surface area contributed by atoms with Gasteiger partial charge in [-0.25, -0.2) is 9.97 Å². The van der Waals surface area contributed by atoms with Crippen LogP contribution < -0.4 is 15.0 Å². The lowest BCUT2D eigenvalue weighted by molar-refractivity contribution is 0.101. The van der Waals surface area contributed by atoms with Crippen LogP contribution in [-0.2, 0) is 0 Å². The van der Waals surface area contributed by atoms with E-state index in [1.807, 2.05) is 36.4 Å². The Labute approximate surface area is 173 Å². The van der Waals surface area contributed by atoms with Crippen molar-refractivity contribution in [2.45, 2.75) is 19.3 Å². The molecular formula is C23H22N4O3. The lowest BCUT2D eigenvalue weighted by Gasteiger charge is -2.27. The summed E-state index contributed by atoms with van der Waals surface area (Å²) >= 11 is 0. The highest BCUT2D eigenvalue weighted by Crippen LogP contribution is 2.34.